The molecule has 0 radical (unpaired) electrons. The zero-order valence-electron chi connectivity index (χ0n) is 15.4. The van der Waals surface area contributed by atoms with Crippen molar-refractivity contribution in [1.82, 2.24) is 4.90 Å². The highest BCUT2D eigenvalue weighted by atomic mass is 16.2. The lowest BCUT2D eigenvalue weighted by molar-refractivity contribution is -0.143. The van der Waals surface area contributed by atoms with E-state index < -0.39 is 5.41 Å². The topological polar surface area (TPSA) is 57.7 Å². The van der Waals surface area contributed by atoms with Crippen molar-refractivity contribution < 1.29 is 14.4 Å². The van der Waals surface area contributed by atoms with Crippen molar-refractivity contribution in [2.45, 2.75) is 31.6 Å². The Hall–Kier alpha value is -2.95. The summed E-state index contributed by atoms with van der Waals surface area (Å²) >= 11 is 0. The molecule has 1 atom stereocenters. The maximum atomic E-state index is 13.0. The number of nitrogens with zero attached hydrogens (tertiary/aromatic N) is 2. The van der Waals surface area contributed by atoms with E-state index in [1.165, 1.54) is 0 Å². The number of hydrogen-bond donors (Lipinski definition) is 0. The van der Waals surface area contributed by atoms with Gasteiger partial charge in [-0.2, -0.15) is 0 Å². The van der Waals surface area contributed by atoms with Gasteiger partial charge in [0.2, 0.25) is 17.7 Å². The van der Waals surface area contributed by atoms with Crippen LogP contribution < -0.4 is 4.90 Å². The number of rotatable bonds is 3. The molecule has 3 amide bonds. The van der Waals surface area contributed by atoms with Crippen LogP contribution >= 0.6 is 0 Å². The summed E-state index contributed by atoms with van der Waals surface area (Å²) in [5.41, 5.74) is 1.92. The van der Waals surface area contributed by atoms with Gasteiger partial charge in [-0.3, -0.25) is 19.3 Å². The third-order valence-electron chi connectivity index (χ3n) is 5.64. The Kier molecular flexibility index (Phi) is 4.30. The molecular formula is C22H22N2O3. The average Bonchev–Trinajstić information content (AvgIpc) is 2.92. The number of aryl methyl sites for hydroxylation is 1. The van der Waals surface area contributed by atoms with Crippen LogP contribution in [-0.4, -0.2) is 35.7 Å². The molecule has 0 aromatic heterocycles. The van der Waals surface area contributed by atoms with Gasteiger partial charge < -0.3 is 4.90 Å². The Labute approximate surface area is 158 Å². The van der Waals surface area contributed by atoms with E-state index in [9.17, 15) is 14.4 Å². The highest BCUT2D eigenvalue weighted by molar-refractivity contribution is 6.11. The molecule has 1 saturated heterocycles. The largest absolute Gasteiger partial charge is 0.311 e. The molecule has 0 spiro atoms. The summed E-state index contributed by atoms with van der Waals surface area (Å²) in [6.45, 7) is 2.19. The molecule has 0 saturated carbocycles. The SMILES string of the molecule is CC1(c2ccccc2)CC(=O)N(CC(=O)N2CCCc3ccccc32)C1=O. The van der Waals surface area contributed by atoms with Gasteiger partial charge >= 0.3 is 0 Å². The number of anilines is 1. The molecule has 0 bridgehead atoms. The molecule has 2 aromatic rings. The molecule has 1 unspecified atom stereocenters. The fourth-order valence-electron chi connectivity index (χ4n) is 4.09. The quantitative estimate of drug-likeness (QED) is 0.789. The number of imide groups is 1. The molecule has 5 heteroatoms. The average molecular weight is 362 g/mol. The molecule has 0 aliphatic carbocycles. The molecule has 2 aliphatic heterocycles. The third kappa shape index (κ3) is 2.93. The summed E-state index contributed by atoms with van der Waals surface area (Å²) < 4.78 is 0. The van der Waals surface area contributed by atoms with Crippen molar-refractivity contribution in [3.8, 4) is 0 Å². The predicted molar refractivity (Wildman–Crippen MR) is 102 cm³/mol. The van der Waals surface area contributed by atoms with Gasteiger partial charge in [-0.05, 0) is 37.0 Å². The minimum Gasteiger partial charge on any atom is -0.311 e. The zero-order chi connectivity index (χ0) is 19.0. The number of para-hydroxylation sites is 1. The molecule has 27 heavy (non-hydrogen) atoms. The van der Waals surface area contributed by atoms with Crippen LogP contribution in [-0.2, 0) is 26.2 Å². The predicted octanol–water partition coefficient (Wildman–Crippen LogP) is 2.68. The Bertz CT molecular complexity index is 909. The van der Waals surface area contributed by atoms with Crippen molar-refractivity contribution in [2.24, 2.45) is 0 Å². The molecule has 1 fully saturated rings. The van der Waals surface area contributed by atoms with Gasteiger partial charge in [0, 0.05) is 18.7 Å². The first-order valence-electron chi connectivity index (χ1n) is 9.29. The smallest absolute Gasteiger partial charge is 0.247 e. The van der Waals surface area contributed by atoms with Crippen LogP contribution in [0.2, 0.25) is 0 Å². The zero-order valence-corrected chi connectivity index (χ0v) is 15.4. The fraction of sp³-hybridized carbons (Fsp3) is 0.318. The summed E-state index contributed by atoms with van der Waals surface area (Å²) in [6.07, 6.45) is 1.92. The summed E-state index contributed by atoms with van der Waals surface area (Å²) in [6, 6.07) is 17.1. The molecule has 2 aliphatic rings. The second kappa shape index (κ2) is 6.65. The summed E-state index contributed by atoms with van der Waals surface area (Å²) in [5, 5.41) is 0. The fourth-order valence-corrected chi connectivity index (χ4v) is 4.09. The van der Waals surface area contributed by atoms with Gasteiger partial charge in [0.15, 0.2) is 0 Å². The Morgan fingerprint density at radius 2 is 1.74 bits per heavy atom. The van der Waals surface area contributed by atoms with Gasteiger partial charge in [-0.15, -0.1) is 0 Å². The first kappa shape index (κ1) is 17.5. The number of fused-ring (bicyclic) bond motifs is 1. The maximum absolute atomic E-state index is 13.0. The van der Waals surface area contributed by atoms with Crippen molar-refractivity contribution in [2.75, 3.05) is 18.0 Å². The second-order valence-electron chi connectivity index (χ2n) is 7.44. The first-order chi connectivity index (χ1) is 13.0. The van der Waals surface area contributed by atoms with Gasteiger partial charge in [0.1, 0.15) is 6.54 Å². The number of amides is 3. The molecule has 0 N–H and O–H groups in total. The van der Waals surface area contributed by atoms with Crippen LogP contribution in [0.4, 0.5) is 5.69 Å². The molecule has 2 heterocycles. The number of carbonyl (C=O) groups excluding carboxylic acids is 3. The minimum absolute atomic E-state index is 0.0969. The van der Waals surface area contributed by atoms with Gasteiger partial charge in [0.05, 0.1) is 5.41 Å². The van der Waals surface area contributed by atoms with Crippen molar-refractivity contribution in [1.29, 1.82) is 0 Å². The molecule has 4 rings (SSSR count). The van der Waals surface area contributed by atoms with E-state index >= 15 is 0 Å². The van der Waals surface area contributed by atoms with Crippen LogP contribution in [0.15, 0.2) is 54.6 Å². The lowest BCUT2D eigenvalue weighted by Gasteiger charge is -2.31. The molecular weight excluding hydrogens is 340 g/mol. The summed E-state index contributed by atoms with van der Waals surface area (Å²) in [5.74, 6) is -0.788. The molecule has 2 aromatic carbocycles. The van der Waals surface area contributed by atoms with Crippen molar-refractivity contribution >= 4 is 23.4 Å². The maximum Gasteiger partial charge on any atom is 0.247 e. The lowest BCUT2D eigenvalue weighted by atomic mass is 9.81. The minimum atomic E-state index is -0.904. The van der Waals surface area contributed by atoms with Crippen LogP contribution in [0.25, 0.3) is 0 Å². The highest BCUT2D eigenvalue weighted by Gasteiger charge is 2.50. The van der Waals surface area contributed by atoms with E-state index in [4.69, 9.17) is 0 Å². The van der Waals surface area contributed by atoms with Crippen LogP contribution in [0.1, 0.15) is 30.9 Å². The highest BCUT2D eigenvalue weighted by Crippen LogP contribution is 2.36. The van der Waals surface area contributed by atoms with Crippen molar-refractivity contribution in [3.05, 3.63) is 65.7 Å². The van der Waals surface area contributed by atoms with E-state index in [2.05, 4.69) is 0 Å². The Balaban J connectivity index is 1.56. The van der Waals surface area contributed by atoms with E-state index in [0.717, 1.165) is 34.6 Å². The summed E-state index contributed by atoms with van der Waals surface area (Å²) in [7, 11) is 0. The number of benzene rings is 2. The third-order valence-corrected chi connectivity index (χ3v) is 5.64. The number of hydrogen-bond acceptors (Lipinski definition) is 3. The van der Waals surface area contributed by atoms with E-state index in [1.54, 1.807) is 11.8 Å². The van der Waals surface area contributed by atoms with Crippen LogP contribution in [0.3, 0.4) is 0 Å². The monoisotopic (exact) mass is 362 g/mol. The van der Waals surface area contributed by atoms with Gasteiger partial charge in [0.25, 0.3) is 0 Å². The number of carbonyl (C=O) groups is 3. The molecule has 138 valence electrons. The van der Waals surface area contributed by atoms with E-state index in [0.29, 0.717) is 6.54 Å². The lowest BCUT2D eigenvalue weighted by Crippen LogP contribution is -2.46. The summed E-state index contributed by atoms with van der Waals surface area (Å²) in [4.78, 5) is 41.4. The number of likely N-dealkylation sites (tertiary alicyclic amines) is 1. The van der Waals surface area contributed by atoms with Crippen LogP contribution in [0.5, 0.6) is 0 Å². The first-order valence-corrected chi connectivity index (χ1v) is 9.29. The van der Waals surface area contributed by atoms with E-state index in [1.807, 2.05) is 54.6 Å². The van der Waals surface area contributed by atoms with Gasteiger partial charge in [-0.25, -0.2) is 0 Å². The molecule has 5 nitrogen and oxygen atoms in total. The van der Waals surface area contributed by atoms with E-state index in [-0.39, 0.29) is 30.7 Å². The second-order valence-corrected chi connectivity index (χ2v) is 7.44. The Morgan fingerprint density at radius 1 is 1.04 bits per heavy atom. The standard InChI is InChI=1S/C22H22N2O3/c1-22(17-10-3-2-4-11-17)14-19(25)24(21(22)27)15-20(26)23-13-7-9-16-8-5-6-12-18(16)23/h2-6,8,10-12H,7,9,13-15H2,1H3. The van der Waals surface area contributed by atoms with Gasteiger partial charge in [-0.1, -0.05) is 48.5 Å². The Morgan fingerprint density at radius 3 is 2.52 bits per heavy atom. The van der Waals surface area contributed by atoms with Crippen LogP contribution in [0, 0.1) is 0 Å². The van der Waals surface area contributed by atoms with Crippen molar-refractivity contribution in [3.63, 3.8) is 0 Å². The normalized spacial score (nSPS) is 22.1.